The van der Waals surface area contributed by atoms with Crippen molar-refractivity contribution in [2.45, 2.75) is 20.4 Å². The van der Waals surface area contributed by atoms with Crippen LogP contribution in [-0.2, 0) is 6.54 Å². The maximum Gasteiger partial charge on any atom is 0.257 e. The van der Waals surface area contributed by atoms with Crippen molar-refractivity contribution in [2.24, 2.45) is 0 Å². The second-order valence-electron chi connectivity index (χ2n) is 6.38. The van der Waals surface area contributed by atoms with Crippen LogP contribution in [0.1, 0.15) is 28.5 Å². The summed E-state index contributed by atoms with van der Waals surface area (Å²) in [4.78, 5) is 20.2. The van der Waals surface area contributed by atoms with Crippen LogP contribution in [0.15, 0.2) is 36.5 Å². The Morgan fingerprint density at radius 2 is 1.75 bits per heavy atom. The lowest BCUT2D eigenvalue weighted by Gasteiger charge is -2.34. The number of nitrogens with one attached hydrogen (secondary N) is 2. The number of carbonyl (C=O) groups is 1. The molecule has 1 fully saturated rings. The molecule has 0 spiro atoms. The number of aromatic nitrogens is 1. The molecule has 1 saturated heterocycles. The Morgan fingerprint density at radius 1 is 1.08 bits per heavy atom. The third-order valence-electron chi connectivity index (χ3n) is 4.73. The minimum atomic E-state index is -0.0720. The van der Waals surface area contributed by atoms with Gasteiger partial charge in [0.1, 0.15) is 0 Å². The summed E-state index contributed by atoms with van der Waals surface area (Å²) in [6.07, 6.45) is 1.78. The fraction of sp³-hybridized carbons (Fsp3) is 0.421. The second kappa shape index (κ2) is 7.64. The number of rotatable bonds is 5. The van der Waals surface area contributed by atoms with Crippen molar-refractivity contribution in [1.29, 1.82) is 0 Å². The Kier molecular flexibility index (Phi) is 5.33. The molecule has 0 unspecified atom stereocenters. The molecule has 1 aliphatic heterocycles. The van der Waals surface area contributed by atoms with Gasteiger partial charge in [-0.3, -0.25) is 9.69 Å². The van der Waals surface area contributed by atoms with Crippen LogP contribution in [0, 0.1) is 6.92 Å². The molecular weight excluding hydrogens is 300 g/mol. The van der Waals surface area contributed by atoms with Gasteiger partial charge in [0.25, 0.3) is 5.91 Å². The first-order valence-electron chi connectivity index (χ1n) is 8.64. The van der Waals surface area contributed by atoms with Gasteiger partial charge >= 0.3 is 0 Å². The van der Waals surface area contributed by atoms with Crippen LogP contribution in [0.25, 0.3) is 0 Å². The molecule has 0 aliphatic carbocycles. The first-order chi connectivity index (χ1) is 11.7. The highest BCUT2D eigenvalue weighted by molar-refractivity contribution is 6.05. The van der Waals surface area contributed by atoms with E-state index in [0.717, 1.165) is 50.6 Å². The molecule has 2 N–H and O–H groups in total. The van der Waals surface area contributed by atoms with E-state index >= 15 is 0 Å². The number of amides is 1. The van der Waals surface area contributed by atoms with Crippen LogP contribution in [0.5, 0.6) is 0 Å². The highest BCUT2D eigenvalue weighted by Gasteiger charge is 2.15. The number of hydrogen-bond acceptors (Lipinski definition) is 3. The van der Waals surface area contributed by atoms with E-state index in [1.165, 1.54) is 5.56 Å². The van der Waals surface area contributed by atoms with Gasteiger partial charge < -0.3 is 15.2 Å². The van der Waals surface area contributed by atoms with Gasteiger partial charge in [0.15, 0.2) is 0 Å². The van der Waals surface area contributed by atoms with Crippen LogP contribution in [0.4, 0.5) is 5.69 Å². The van der Waals surface area contributed by atoms with Crippen LogP contribution >= 0.6 is 0 Å². The van der Waals surface area contributed by atoms with Gasteiger partial charge in [-0.1, -0.05) is 19.1 Å². The van der Waals surface area contributed by atoms with E-state index in [4.69, 9.17) is 0 Å². The van der Waals surface area contributed by atoms with Crippen molar-refractivity contribution in [2.75, 3.05) is 38.0 Å². The summed E-state index contributed by atoms with van der Waals surface area (Å²) in [7, 11) is 0. The second-order valence-corrected chi connectivity index (χ2v) is 6.38. The average molecular weight is 326 g/mol. The van der Waals surface area contributed by atoms with E-state index in [1.54, 1.807) is 12.3 Å². The van der Waals surface area contributed by atoms with E-state index in [9.17, 15) is 4.79 Å². The molecule has 3 rings (SSSR count). The van der Waals surface area contributed by atoms with E-state index in [2.05, 4.69) is 39.2 Å². The van der Waals surface area contributed by atoms with Crippen molar-refractivity contribution in [3.8, 4) is 0 Å². The standard InChI is InChI=1S/C19H26N4O/c1-3-22-10-12-23(13-11-22)14-16-4-6-17(7-5-16)21-19(24)18-8-9-20-15(18)2/h4-9,20H,3,10-14H2,1-2H3,(H,21,24). The molecule has 0 bridgehead atoms. The maximum atomic E-state index is 12.2. The van der Waals surface area contributed by atoms with Crippen molar-refractivity contribution in [3.05, 3.63) is 53.3 Å². The predicted molar refractivity (Wildman–Crippen MR) is 97.3 cm³/mol. The summed E-state index contributed by atoms with van der Waals surface area (Å²) < 4.78 is 0. The molecule has 1 aliphatic rings. The molecular formula is C19H26N4O. The van der Waals surface area contributed by atoms with Gasteiger partial charge in [-0.25, -0.2) is 0 Å². The lowest BCUT2D eigenvalue weighted by atomic mass is 10.1. The number of carbonyl (C=O) groups excluding carboxylic acids is 1. The van der Waals surface area contributed by atoms with Crippen molar-refractivity contribution >= 4 is 11.6 Å². The smallest absolute Gasteiger partial charge is 0.257 e. The van der Waals surface area contributed by atoms with Crippen LogP contribution in [0.2, 0.25) is 0 Å². The molecule has 24 heavy (non-hydrogen) atoms. The lowest BCUT2D eigenvalue weighted by molar-refractivity contribution is 0.102. The van der Waals surface area contributed by atoms with Crippen molar-refractivity contribution < 1.29 is 4.79 Å². The Labute approximate surface area is 143 Å². The molecule has 5 heteroatoms. The number of nitrogens with zero attached hydrogens (tertiary/aromatic N) is 2. The Balaban J connectivity index is 1.54. The van der Waals surface area contributed by atoms with Crippen molar-refractivity contribution in [1.82, 2.24) is 14.8 Å². The summed E-state index contributed by atoms with van der Waals surface area (Å²) in [5.41, 5.74) is 3.69. The van der Waals surface area contributed by atoms with Crippen LogP contribution < -0.4 is 5.32 Å². The Bertz CT molecular complexity index is 669. The van der Waals surface area contributed by atoms with Gasteiger partial charge in [-0.2, -0.15) is 0 Å². The van der Waals surface area contributed by atoms with Gasteiger partial charge in [0, 0.05) is 50.3 Å². The normalized spacial score (nSPS) is 16.2. The van der Waals surface area contributed by atoms with Gasteiger partial charge in [0.2, 0.25) is 0 Å². The topological polar surface area (TPSA) is 51.4 Å². The molecule has 2 aromatic rings. The van der Waals surface area contributed by atoms with E-state index < -0.39 is 0 Å². The SMILES string of the molecule is CCN1CCN(Cc2ccc(NC(=O)c3cc[nH]c3C)cc2)CC1. The number of H-pyrrole nitrogens is 1. The summed E-state index contributed by atoms with van der Waals surface area (Å²) in [5.74, 6) is -0.0720. The summed E-state index contributed by atoms with van der Waals surface area (Å²) in [6.45, 7) is 10.8. The largest absolute Gasteiger partial charge is 0.365 e. The summed E-state index contributed by atoms with van der Waals surface area (Å²) in [6, 6.07) is 9.97. The van der Waals surface area contributed by atoms with Gasteiger partial charge in [0.05, 0.1) is 5.56 Å². The minimum absolute atomic E-state index is 0.0720. The maximum absolute atomic E-state index is 12.2. The number of piperazine rings is 1. The number of aryl methyl sites for hydroxylation is 1. The highest BCUT2D eigenvalue weighted by atomic mass is 16.1. The third-order valence-corrected chi connectivity index (χ3v) is 4.73. The first kappa shape index (κ1) is 16.7. The molecule has 0 saturated carbocycles. The van der Waals surface area contributed by atoms with E-state index in [-0.39, 0.29) is 5.91 Å². The monoisotopic (exact) mass is 326 g/mol. The fourth-order valence-electron chi connectivity index (χ4n) is 3.11. The number of likely N-dealkylation sites (N-methyl/N-ethyl adjacent to an activating group) is 1. The fourth-order valence-corrected chi connectivity index (χ4v) is 3.11. The van der Waals surface area contributed by atoms with Gasteiger partial charge in [-0.15, -0.1) is 0 Å². The molecule has 5 nitrogen and oxygen atoms in total. The number of hydrogen-bond donors (Lipinski definition) is 2. The predicted octanol–water partition coefficient (Wildman–Crippen LogP) is 2.71. The highest BCUT2D eigenvalue weighted by Crippen LogP contribution is 2.15. The molecule has 2 heterocycles. The zero-order valence-electron chi connectivity index (χ0n) is 14.5. The minimum Gasteiger partial charge on any atom is -0.365 e. The molecule has 128 valence electrons. The average Bonchev–Trinajstić information content (AvgIpc) is 3.03. The molecule has 1 aromatic heterocycles. The first-order valence-corrected chi connectivity index (χ1v) is 8.64. The van der Waals surface area contributed by atoms with Gasteiger partial charge in [-0.05, 0) is 37.2 Å². The molecule has 1 amide bonds. The lowest BCUT2D eigenvalue weighted by Crippen LogP contribution is -2.45. The Hall–Kier alpha value is -2.11. The molecule has 1 aromatic carbocycles. The number of aromatic amines is 1. The quantitative estimate of drug-likeness (QED) is 0.888. The Morgan fingerprint density at radius 3 is 2.33 bits per heavy atom. The zero-order valence-corrected chi connectivity index (χ0v) is 14.5. The summed E-state index contributed by atoms with van der Waals surface area (Å²) in [5, 5.41) is 2.95. The molecule has 0 radical (unpaired) electrons. The van der Waals surface area contributed by atoms with Crippen LogP contribution in [0.3, 0.4) is 0 Å². The number of anilines is 1. The zero-order chi connectivity index (χ0) is 16.9. The summed E-state index contributed by atoms with van der Waals surface area (Å²) >= 11 is 0. The van der Waals surface area contributed by atoms with E-state index in [0.29, 0.717) is 5.56 Å². The van der Waals surface area contributed by atoms with Crippen molar-refractivity contribution in [3.63, 3.8) is 0 Å². The van der Waals surface area contributed by atoms with Crippen LogP contribution in [-0.4, -0.2) is 53.4 Å². The molecule has 0 atom stereocenters. The third kappa shape index (κ3) is 4.04. The number of benzene rings is 1. The van der Waals surface area contributed by atoms with E-state index in [1.807, 2.05) is 19.1 Å².